The Morgan fingerprint density at radius 1 is 0.775 bits per heavy atom. The molecule has 0 heterocycles. The fourth-order valence-electron chi connectivity index (χ4n) is 4.04. The molecule has 0 aliphatic heterocycles. The summed E-state index contributed by atoms with van der Waals surface area (Å²) in [6.45, 7) is 0. The van der Waals surface area contributed by atoms with E-state index < -0.39 is 46.5 Å². The van der Waals surface area contributed by atoms with Gasteiger partial charge in [-0.05, 0) is 66.2 Å². The Bertz CT molecular complexity index is 1460. The first-order chi connectivity index (χ1) is 18.6. The number of halogens is 8. The number of nitrogens with one attached hydrogen (secondary N) is 3. The number of hydrogen-bond acceptors (Lipinski definition) is 3. The Morgan fingerprint density at radius 3 is 1.90 bits per heavy atom. The van der Waals surface area contributed by atoms with E-state index in [1.165, 1.54) is 42.5 Å². The van der Waals surface area contributed by atoms with E-state index in [-0.39, 0.29) is 27.6 Å². The van der Waals surface area contributed by atoms with Crippen LogP contribution in [-0.2, 0) is 9.59 Å². The first-order valence-corrected chi connectivity index (χ1v) is 13.3. The van der Waals surface area contributed by atoms with Crippen LogP contribution in [0.4, 0.5) is 30.2 Å². The van der Waals surface area contributed by atoms with Crippen LogP contribution in [0.25, 0.3) is 0 Å². The van der Waals surface area contributed by atoms with Crippen LogP contribution >= 0.6 is 58.0 Å². The number of alkyl halides is 5. The Labute approximate surface area is 251 Å². The number of anilines is 3. The van der Waals surface area contributed by atoms with Gasteiger partial charge in [-0.25, -0.2) is 0 Å². The molecule has 40 heavy (non-hydrogen) atoms. The lowest BCUT2D eigenvalue weighted by atomic mass is 10.1. The van der Waals surface area contributed by atoms with Gasteiger partial charge < -0.3 is 16.0 Å². The van der Waals surface area contributed by atoms with Gasteiger partial charge in [-0.1, -0.05) is 34.8 Å². The normalized spacial score (nSPS) is 17.6. The second-order valence-corrected chi connectivity index (χ2v) is 11.6. The van der Waals surface area contributed by atoms with Crippen LogP contribution in [0.5, 0.6) is 0 Å². The molecule has 6 nitrogen and oxygen atoms in total. The largest absolute Gasteiger partial charge is 0.397 e. The maximum absolute atomic E-state index is 13.0. The SMILES string of the molecule is O=C(CC(F)(F)F)Nc1ccc(NC(=O)c2cc(NC(=O)[C@H]3[C@H](c4cc(Cl)cc(Cl)c4)C3(Cl)Cl)ccc2Cl)cc1. The third kappa shape index (κ3) is 7.33. The zero-order valence-corrected chi connectivity index (χ0v) is 23.7. The van der Waals surface area contributed by atoms with Crippen molar-refractivity contribution in [2.45, 2.75) is 22.8 Å². The topological polar surface area (TPSA) is 87.3 Å². The summed E-state index contributed by atoms with van der Waals surface area (Å²) in [6.07, 6.45) is -6.25. The lowest BCUT2D eigenvalue weighted by Gasteiger charge is -2.11. The second kappa shape index (κ2) is 11.7. The summed E-state index contributed by atoms with van der Waals surface area (Å²) in [7, 11) is 0. The highest BCUT2D eigenvalue weighted by molar-refractivity contribution is 6.53. The fourth-order valence-corrected chi connectivity index (χ4v) is 5.62. The Balaban J connectivity index is 1.41. The van der Waals surface area contributed by atoms with Crippen molar-refractivity contribution in [1.82, 2.24) is 0 Å². The highest BCUT2D eigenvalue weighted by Crippen LogP contribution is 2.65. The van der Waals surface area contributed by atoms with Crippen LogP contribution in [0.1, 0.15) is 28.3 Å². The molecule has 1 fully saturated rings. The molecule has 4 rings (SSSR count). The number of carbonyl (C=O) groups excluding carboxylic acids is 3. The monoisotopic (exact) mass is 651 g/mol. The van der Waals surface area contributed by atoms with Crippen LogP contribution in [-0.4, -0.2) is 28.2 Å². The average molecular weight is 654 g/mol. The van der Waals surface area contributed by atoms with E-state index in [0.29, 0.717) is 15.6 Å². The first kappa shape index (κ1) is 30.3. The van der Waals surface area contributed by atoms with E-state index in [1.807, 2.05) is 0 Å². The molecule has 14 heteroatoms. The molecular formula is C26H17Cl5F3N3O3. The van der Waals surface area contributed by atoms with Gasteiger partial charge in [0.1, 0.15) is 10.8 Å². The van der Waals surface area contributed by atoms with E-state index in [0.717, 1.165) is 0 Å². The maximum Gasteiger partial charge on any atom is 0.397 e. The van der Waals surface area contributed by atoms with Crippen LogP contribution in [0.2, 0.25) is 15.1 Å². The third-order valence-corrected chi connectivity index (χ3v) is 7.55. The summed E-state index contributed by atoms with van der Waals surface area (Å²) in [5.41, 5.74) is 1.27. The zero-order chi connectivity index (χ0) is 29.4. The second-order valence-electron chi connectivity index (χ2n) is 8.89. The van der Waals surface area contributed by atoms with Crippen molar-refractivity contribution in [3.63, 3.8) is 0 Å². The van der Waals surface area contributed by atoms with Crippen molar-refractivity contribution in [2.24, 2.45) is 5.92 Å². The molecule has 3 amide bonds. The highest BCUT2D eigenvalue weighted by atomic mass is 35.5. The van der Waals surface area contributed by atoms with E-state index in [4.69, 9.17) is 58.0 Å². The predicted octanol–water partition coefficient (Wildman–Crippen LogP) is 8.32. The van der Waals surface area contributed by atoms with Gasteiger partial charge in [0.25, 0.3) is 5.91 Å². The first-order valence-electron chi connectivity index (χ1n) is 11.4. The summed E-state index contributed by atoms with van der Waals surface area (Å²) < 4.78 is 35.6. The Hall–Kier alpha value is -2.69. The minimum atomic E-state index is -4.63. The molecule has 1 aliphatic carbocycles. The van der Waals surface area contributed by atoms with Crippen LogP contribution in [0.15, 0.2) is 60.7 Å². The number of carbonyl (C=O) groups is 3. The number of hydrogen-bond donors (Lipinski definition) is 3. The molecule has 210 valence electrons. The molecule has 0 spiro atoms. The van der Waals surface area contributed by atoms with Gasteiger partial charge in [0, 0.05) is 33.0 Å². The molecule has 0 aromatic heterocycles. The maximum atomic E-state index is 13.0. The molecule has 3 aromatic carbocycles. The van der Waals surface area contributed by atoms with E-state index in [9.17, 15) is 27.6 Å². The van der Waals surface area contributed by atoms with Gasteiger partial charge in [0.15, 0.2) is 0 Å². The molecule has 0 bridgehead atoms. The zero-order valence-electron chi connectivity index (χ0n) is 19.9. The minimum Gasteiger partial charge on any atom is -0.326 e. The van der Waals surface area contributed by atoms with Gasteiger partial charge in [0.05, 0.1) is 16.5 Å². The van der Waals surface area contributed by atoms with Crippen molar-refractivity contribution in [3.8, 4) is 0 Å². The molecule has 1 aliphatic rings. The van der Waals surface area contributed by atoms with Crippen LogP contribution < -0.4 is 16.0 Å². The summed E-state index contributed by atoms with van der Waals surface area (Å²) in [6, 6.07) is 14.5. The standard InChI is InChI=1S/C26H17Cl5F3N3O3/c27-13-7-12(8-14(28)9-13)21-22(26(21,30)31)24(40)37-17-5-6-19(29)18(10-17)23(39)36-16-3-1-15(2-4-16)35-20(38)11-25(32,33)34/h1-10,21-22H,11H2,(H,35,38)(H,36,39)(H,37,40)/t21-,22+/m0/s1. The van der Waals surface area contributed by atoms with E-state index in [2.05, 4.69) is 16.0 Å². The van der Waals surface area contributed by atoms with Crippen molar-refractivity contribution in [2.75, 3.05) is 16.0 Å². The summed E-state index contributed by atoms with van der Waals surface area (Å²) >= 11 is 31.1. The van der Waals surface area contributed by atoms with E-state index >= 15 is 0 Å². The van der Waals surface area contributed by atoms with Gasteiger partial charge in [-0.2, -0.15) is 13.2 Å². The lowest BCUT2D eigenvalue weighted by molar-refractivity contribution is -0.150. The Kier molecular flexibility index (Phi) is 8.82. The smallest absolute Gasteiger partial charge is 0.326 e. The van der Waals surface area contributed by atoms with Crippen molar-refractivity contribution in [1.29, 1.82) is 0 Å². The average Bonchev–Trinajstić information content (AvgIpc) is 3.41. The molecule has 0 unspecified atom stereocenters. The molecule has 3 N–H and O–H groups in total. The molecule has 0 saturated heterocycles. The van der Waals surface area contributed by atoms with Crippen LogP contribution in [0.3, 0.4) is 0 Å². The summed E-state index contributed by atoms with van der Waals surface area (Å²) in [5, 5.41) is 8.22. The van der Waals surface area contributed by atoms with Gasteiger partial charge in [-0.15, -0.1) is 23.2 Å². The number of amides is 3. The van der Waals surface area contributed by atoms with Gasteiger partial charge in [-0.3, -0.25) is 14.4 Å². The fraction of sp³-hybridized carbons (Fsp3) is 0.192. The lowest BCUT2D eigenvalue weighted by Crippen LogP contribution is -2.21. The molecular weight excluding hydrogens is 637 g/mol. The molecule has 0 radical (unpaired) electrons. The predicted molar refractivity (Wildman–Crippen MR) is 151 cm³/mol. The summed E-state index contributed by atoms with van der Waals surface area (Å²) in [4.78, 5) is 37.3. The molecule has 2 atom stereocenters. The quantitative estimate of drug-likeness (QED) is 0.224. The van der Waals surface area contributed by atoms with E-state index in [1.54, 1.807) is 18.2 Å². The third-order valence-electron chi connectivity index (χ3n) is 5.85. The van der Waals surface area contributed by atoms with Gasteiger partial charge in [0.2, 0.25) is 11.8 Å². The minimum absolute atomic E-state index is 0.0269. The van der Waals surface area contributed by atoms with Crippen molar-refractivity contribution in [3.05, 3.63) is 86.9 Å². The highest BCUT2D eigenvalue weighted by Gasteiger charge is 2.67. The van der Waals surface area contributed by atoms with Crippen molar-refractivity contribution < 1.29 is 27.6 Å². The number of benzene rings is 3. The Morgan fingerprint density at radius 2 is 1.32 bits per heavy atom. The number of rotatable bonds is 7. The summed E-state index contributed by atoms with van der Waals surface area (Å²) in [5.74, 6) is -3.74. The van der Waals surface area contributed by atoms with Crippen LogP contribution in [0, 0.1) is 5.92 Å². The van der Waals surface area contributed by atoms with Crippen molar-refractivity contribution >= 4 is 92.8 Å². The van der Waals surface area contributed by atoms with Gasteiger partial charge >= 0.3 is 6.18 Å². The molecule has 3 aromatic rings. The molecule has 1 saturated carbocycles.